The summed E-state index contributed by atoms with van der Waals surface area (Å²) in [6.07, 6.45) is 6.06. The first-order valence-corrected chi connectivity index (χ1v) is 5.04. The summed E-state index contributed by atoms with van der Waals surface area (Å²) < 4.78 is 0. The zero-order valence-electron chi connectivity index (χ0n) is 8.10. The lowest BCUT2D eigenvalue weighted by Crippen LogP contribution is -2.32. The van der Waals surface area contributed by atoms with Gasteiger partial charge in [-0.3, -0.25) is 9.78 Å². The van der Waals surface area contributed by atoms with Crippen LogP contribution in [0, 0.1) is 0 Å². The van der Waals surface area contributed by atoms with Crippen LogP contribution in [0.5, 0.6) is 0 Å². The van der Waals surface area contributed by atoms with Gasteiger partial charge in [-0.25, -0.2) is 0 Å². The van der Waals surface area contributed by atoms with Crippen LogP contribution in [0.4, 0.5) is 0 Å². The molecule has 0 bridgehead atoms. The molecule has 0 N–H and O–H groups in total. The molecule has 1 aliphatic rings. The molecule has 3 heteroatoms. The Bertz CT molecular complexity index is 299. The lowest BCUT2D eigenvalue weighted by Gasteiger charge is -2.32. The van der Waals surface area contributed by atoms with E-state index in [9.17, 15) is 4.79 Å². The van der Waals surface area contributed by atoms with Crippen molar-refractivity contribution < 1.29 is 4.79 Å². The van der Waals surface area contributed by atoms with E-state index in [4.69, 9.17) is 0 Å². The second kappa shape index (κ2) is 4.22. The van der Waals surface area contributed by atoms with Gasteiger partial charge in [-0.1, -0.05) is 6.07 Å². The van der Waals surface area contributed by atoms with E-state index in [-0.39, 0.29) is 6.04 Å². The summed E-state index contributed by atoms with van der Waals surface area (Å²) in [5.41, 5.74) is 1.01. The van der Waals surface area contributed by atoms with Gasteiger partial charge in [-0.05, 0) is 31.4 Å². The molecule has 0 saturated carbocycles. The minimum atomic E-state index is 0.197. The zero-order chi connectivity index (χ0) is 9.80. The number of hydrogen-bond donors (Lipinski definition) is 0. The van der Waals surface area contributed by atoms with Crippen LogP contribution in [-0.2, 0) is 4.79 Å². The topological polar surface area (TPSA) is 33.2 Å². The fourth-order valence-corrected chi connectivity index (χ4v) is 1.97. The highest BCUT2D eigenvalue weighted by Crippen LogP contribution is 2.27. The van der Waals surface area contributed by atoms with Gasteiger partial charge in [-0.15, -0.1) is 0 Å². The number of aromatic nitrogens is 1. The fraction of sp³-hybridized carbons (Fsp3) is 0.455. The molecule has 0 aromatic carbocycles. The van der Waals surface area contributed by atoms with Crippen molar-refractivity contribution in [1.82, 2.24) is 9.88 Å². The maximum atomic E-state index is 10.8. The molecular formula is C11H14N2O. The number of rotatable bonds is 2. The molecule has 1 amide bonds. The van der Waals surface area contributed by atoms with Crippen LogP contribution in [0.2, 0.25) is 0 Å². The summed E-state index contributed by atoms with van der Waals surface area (Å²) in [6.45, 7) is 0.866. The molecule has 1 fully saturated rings. The van der Waals surface area contributed by atoms with E-state index in [1.807, 2.05) is 23.1 Å². The number of nitrogens with zero attached hydrogens (tertiary/aromatic N) is 2. The second-order valence-corrected chi connectivity index (χ2v) is 3.61. The molecule has 0 aliphatic carbocycles. The van der Waals surface area contributed by atoms with Gasteiger partial charge < -0.3 is 4.90 Å². The first kappa shape index (κ1) is 9.19. The van der Waals surface area contributed by atoms with E-state index in [1.165, 1.54) is 6.42 Å². The maximum Gasteiger partial charge on any atom is 0.210 e. The van der Waals surface area contributed by atoms with Crippen molar-refractivity contribution in [1.29, 1.82) is 0 Å². The van der Waals surface area contributed by atoms with E-state index in [2.05, 4.69) is 4.98 Å². The molecule has 3 nitrogen and oxygen atoms in total. The normalized spacial score (nSPS) is 22.0. The zero-order valence-corrected chi connectivity index (χ0v) is 8.10. The van der Waals surface area contributed by atoms with Gasteiger partial charge >= 0.3 is 0 Å². The van der Waals surface area contributed by atoms with Crippen molar-refractivity contribution in [3.05, 3.63) is 30.1 Å². The van der Waals surface area contributed by atoms with E-state index >= 15 is 0 Å². The molecule has 74 valence electrons. The Hall–Kier alpha value is -1.38. The maximum absolute atomic E-state index is 10.8. The summed E-state index contributed by atoms with van der Waals surface area (Å²) in [5.74, 6) is 0. The van der Waals surface area contributed by atoms with Crippen molar-refractivity contribution in [2.75, 3.05) is 6.54 Å². The Morgan fingerprint density at radius 1 is 1.43 bits per heavy atom. The summed E-state index contributed by atoms with van der Waals surface area (Å²) in [6, 6.07) is 6.06. The number of hydrogen-bond acceptors (Lipinski definition) is 2. The first-order valence-electron chi connectivity index (χ1n) is 5.04. The third kappa shape index (κ3) is 1.76. The van der Waals surface area contributed by atoms with Gasteiger partial charge in [0.1, 0.15) is 0 Å². The first-order chi connectivity index (χ1) is 6.92. The van der Waals surface area contributed by atoms with E-state index < -0.39 is 0 Å². The molecule has 0 spiro atoms. The Labute approximate surface area is 83.8 Å². The molecule has 1 aromatic rings. The summed E-state index contributed by atoms with van der Waals surface area (Å²) in [4.78, 5) is 17.0. The Balaban J connectivity index is 2.19. The molecular weight excluding hydrogens is 176 g/mol. The molecule has 0 unspecified atom stereocenters. The highest BCUT2D eigenvalue weighted by molar-refractivity contribution is 5.48. The molecule has 1 saturated heterocycles. The lowest BCUT2D eigenvalue weighted by atomic mass is 10.00. The molecule has 1 aromatic heterocycles. The fourth-order valence-electron chi connectivity index (χ4n) is 1.97. The average Bonchev–Trinajstić information content (AvgIpc) is 2.30. The monoisotopic (exact) mass is 190 g/mol. The third-order valence-electron chi connectivity index (χ3n) is 2.71. The van der Waals surface area contributed by atoms with Gasteiger partial charge in [0, 0.05) is 12.7 Å². The quantitative estimate of drug-likeness (QED) is 0.666. The van der Waals surface area contributed by atoms with Gasteiger partial charge in [0.25, 0.3) is 0 Å². The largest absolute Gasteiger partial charge is 0.337 e. The minimum absolute atomic E-state index is 0.197. The van der Waals surface area contributed by atoms with Crippen molar-refractivity contribution in [3.63, 3.8) is 0 Å². The predicted molar refractivity (Wildman–Crippen MR) is 53.6 cm³/mol. The van der Waals surface area contributed by atoms with Crippen molar-refractivity contribution in [2.24, 2.45) is 0 Å². The molecule has 2 heterocycles. The number of carbonyl (C=O) groups is 1. The SMILES string of the molecule is O=CN1CCCC[C@@H]1c1ccccn1. The smallest absolute Gasteiger partial charge is 0.210 e. The second-order valence-electron chi connectivity index (χ2n) is 3.61. The van der Waals surface area contributed by atoms with Crippen molar-refractivity contribution in [2.45, 2.75) is 25.3 Å². The highest BCUT2D eigenvalue weighted by atomic mass is 16.1. The van der Waals surface area contributed by atoms with E-state index in [0.717, 1.165) is 31.5 Å². The number of likely N-dealkylation sites (tertiary alicyclic amines) is 1. The molecule has 0 radical (unpaired) electrons. The number of carbonyl (C=O) groups excluding carboxylic acids is 1. The van der Waals surface area contributed by atoms with Gasteiger partial charge in [-0.2, -0.15) is 0 Å². The lowest BCUT2D eigenvalue weighted by molar-refractivity contribution is -0.121. The van der Waals surface area contributed by atoms with Crippen molar-refractivity contribution >= 4 is 6.41 Å². The number of amides is 1. The van der Waals surface area contributed by atoms with Crippen LogP contribution in [0.25, 0.3) is 0 Å². The molecule has 14 heavy (non-hydrogen) atoms. The van der Waals surface area contributed by atoms with Gasteiger partial charge in [0.15, 0.2) is 0 Å². The minimum Gasteiger partial charge on any atom is -0.337 e. The number of pyridine rings is 1. The van der Waals surface area contributed by atoms with Crippen LogP contribution >= 0.6 is 0 Å². The number of piperidine rings is 1. The average molecular weight is 190 g/mol. The summed E-state index contributed by atoms with van der Waals surface area (Å²) in [7, 11) is 0. The van der Waals surface area contributed by atoms with Crippen molar-refractivity contribution in [3.8, 4) is 0 Å². The molecule has 1 atom stereocenters. The third-order valence-corrected chi connectivity index (χ3v) is 2.71. The van der Waals surface area contributed by atoms with E-state index in [0.29, 0.717) is 0 Å². The summed E-state index contributed by atoms with van der Waals surface area (Å²) in [5, 5.41) is 0. The Morgan fingerprint density at radius 2 is 2.36 bits per heavy atom. The Kier molecular flexibility index (Phi) is 2.77. The van der Waals surface area contributed by atoms with Crippen LogP contribution in [-0.4, -0.2) is 22.8 Å². The van der Waals surface area contributed by atoms with Gasteiger partial charge in [0.05, 0.1) is 11.7 Å². The molecule has 1 aliphatic heterocycles. The van der Waals surface area contributed by atoms with Crippen LogP contribution in [0.3, 0.4) is 0 Å². The standard InChI is InChI=1S/C11H14N2O/c14-9-13-8-4-2-6-11(13)10-5-1-3-7-12-10/h1,3,5,7,9,11H,2,4,6,8H2/t11-/m1/s1. The van der Waals surface area contributed by atoms with Crippen LogP contribution in [0.15, 0.2) is 24.4 Å². The van der Waals surface area contributed by atoms with E-state index in [1.54, 1.807) is 6.20 Å². The molecule has 2 rings (SSSR count). The summed E-state index contributed by atoms with van der Waals surface area (Å²) >= 11 is 0. The van der Waals surface area contributed by atoms with Crippen LogP contribution in [0.1, 0.15) is 31.0 Å². The Morgan fingerprint density at radius 3 is 3.07 bits per heavy atom. The van der Waals surface area contributed by atoms with Crippen LogP contribution < -0.4 is 0 Å². The predicted octanol–water partition coefficient (Wildman–Crippen LogP) is 1.76. The highest BCUT2D eigenvalue weighted by Gasteiger charge is 2.22. The van der Waals surface area contributed by atoms with Gasteiger partial charge in [0.2, 0.25) is 6.41 Å².